The van der Waals surface area contributed by atoms with E-state index in [9.17, 15) is 4.39 Å². The van der Waals surface area contributed by atoms with E-state index >= 15 is 0 Å². The summed E-state index contributed by atoms with van der Waals surface area (Å²) in [5, 5.41) is 0. The van der Waals surface area contributed by atoms with Crippen LogP contribution in [0, 0.1) is 16.3 Å². The molecule has 0 saturated heterocycles. The number of nitrogens with zero attached hydrogens (tertiary/aromatic N) is 2. The molecule has 1 aliphatic carbocycles. The molecule has 21 heavy (non-hydrogen) atoms. The van der Waals surface area contributed by atoms with Gasteiger partial charge >= 0.3 is 0 Å². The number of aromatic nitrogens is 2. The van der Waals surface area contributed by atoms with Gasteiger partial charge in [0.2, 0.25) is 0 Å². The maximum absolute atomic E-state index is 13.6. The summed E-state index contributed by atoms with van der Waals surface area (Å²) >= 11 is 2.22. The van der Waals surface area contributed by atoms with Crippen LogP contribution in [0.3, 0.4) is 0 Å². The highest BCUT2D eigenvalue weighted by atomic mass is 127. The molecule has 0 radical (unpaired) electrons. The number of benzene rings is 1. The van der Waals surface area contributed by atoms with Gasteiger partial charge in [-0.05, 0) is 66.1 Å². The van der Waals surface area contributed by atoms with E-state index in [0.29, 0.717) is 23.1 Å². The Morgan fingerprint density at radius 2 is 1.90 bits per heavy atom. The van der Waals surface area contributed by atoms with E-state index in [-0.39, 0.29) is 5.82 Å². The van der Waals surface area contributed by atoms with Crippen molar-refractivity contribution in [2.24, 2.45) is 0 Å². The van der Waals surface area contributed by atoms with E-state index < -0.39 is 0 Å². The second-order valence-electron chi connectivity index (χ2n) is 5.63. The van der Waals surface area contributed by atoms with E-state index in [4.69, 9.17) is 10.7 Å². The highest BCUT2D eigenvalue weighted by Crippen LogP contribution is 2.37. The van der Waals surface area contributed by atoms with Gasteiger partial charge in [-0.2, -0.15) is 0 Å². The Hall–Kier alpha value is -1.24. The summed E-state index contributed by atoms with van der Waals surface area (Å²) in [6, 6.07) is 4.85. The van der Waals surface area contributed by atoms with Gasteiger partial charge in [0, 0.05) is 11.5 Å². The van der Waals surface area contributed by atoms with E-state index in [1.165, 1.54) is 25.0 Å². The molecule has 110 valence electrons. The van der Waals surface area contributed by atoms with Gasteiger partial charge in [-0.1, -0.05) is 12.8 Å². The molecular formula is C16H17FIN3. The van der Waals surface area contributed by atoms with Crippen LogP contribution in [0.4, 0.5) is 10.2 Å². The van der Waals surface area contributed by atoms with Crippen molar-refractivity contribution in [1.82, 2.24) is 9.97 Å². The summed E-state index contributed by atoms with van der Waals surface area (Å²) in [5.74, 6) is 1.20. The zero-order chi connectivity index (χ0) is 15.0. The van der Waals surface area contributed by atoms with Gasteiger partial charge in [0.05, 0.1) is 9.26 Å². The Bertz CT molecular complexity index is 661. The van der Waals surface area contributed by atoms with Crippen molar-refractivity contribution < 1.29 is 4.39 Å². The van der Waals surface area contributed by atoms with Gasteiger partial charge in [0.25, 0.3) is 0 Å². The molecule has 1 fully saturated rings. The molecule has 5 heteroatoms. The van der Waals surface area contributed by atoms with Crippen molar-refractivity contribution in [2.45, 2.75) is 38.5 Å². The van der Waals surface area contributed by atoms with Gasteiger partial charge in [-0.3, -0.25) is 0 Å². The summed E-state index contributed by atoms with van der Waals surface area (Å²) in [6.07, 6.45) is 4.76. The first-order chi connectivity index (χ1) is 10.0. The van der Waals surface area contributed by atoms with Crippen LogP contribution in [0.5, 0.6) is 0 Å². The summed E-state index contributed by atoms with van der Waals surface area (Å²) in [6.45, 7) is 1.86. The van der Waals surface area contributed by atoms with Gasteiger partial charge in [0.1, 0.15) is 11.6 Å². The molecular weight excluding hydrogens is 380 g/mol. The number of anilines is 1. The molecule has 1 aliphatic rings. The molecule has 2 N–H and O–H groups in total. The van der Waals surface area contributed by atoms with Gasteiger partial charge in [0.15, 0.2) is 5.82 Å². The molecule has 0 amide bonds. The Morgan fingerprint density at radius 3 is 2.57 bits per heavy atom. The van der Waals surface area contributed by atoms with Crippen LogP contribution in [0.1, 0.15) is 42.9 Å². The summed E-state index contributed by atoms with van der Waals surface area (Å²) in [4.78, 5) is 9.05. The number of halogens is 2. The molecule has 0 bridgehead atoms. The quantitative estimate of drug-likeness (QED) is 0.763. The average molecular weight is 397 g/mol. The third kappa shape index (κ3) is 3.02. The van der Waals surface area contributed by atoms with Crippen LogP contribution in [0.2, 0.25) is 0 Å². The van der Waals surface area contributed by atoms with Crippen LogP contribution in [-0.4, -0.2) is 9.97 Å². The van der Waals surface area contributed by atoms with Crippen LogP contribution in [0.25, 0.3) is 11.4 Å². The van der Waals surface area contributed by atoms with Crippen molar-refractivity contribution in [3.8, 4) is 11.4 Å². The molecule has 3 nitrogen and oxygen atoms in total. The lowest BCUT2D eigenvalue weighted by Gasteiger charge is -2.14. The van der Waals surface area contributed by atoms with Gasteiger partial charge < -0.3 is 5.73 Å². The normalized spacial score (nSPS) is 15.6. The molecule has 3 rings (SSSR count). The first-order valence-electron chi connectivity index (χ1n) is 7.15. The minimum atomic E-state index is -0.270. The predicted molar refractivity (Wildman–Crippen MR) is 90.5 cm³/mol. The minimum Gasteiger partial charge on any atom is -0.383 e. The highest BCUT2D eigenvalue weighted by Gasteiger charge is 2.23. The molecule has 0 atom stereocenters. The van der Waals surface area contributed by atoms with E-state index in [1.807, 2.05) is 13.0 Å². The zero-order valence-electron chi connectivity index (χ0n) is 11.9. The molecule has 1 heterocycles. The van der Waals surface area contributed by atoms with Crippen molar-refractivity contribution in [1.29, 1.82) is 0 Å². The molecule has 1 aromatic carbocycles. The molecule has 0 aliphatic heterocycles. The van der Waals surface area contributed by atoms with E-state index in [0.717, 1.165) is 27.7 Å². The highest BCUT2D eigenvalue weighted by molar-refractivity contribution is 14.1. The fourth-order valence-corrected chi connectivity index (χ4v) is 3.63. The van der Waals surface area contributed by atoms with Crippen molar-refractivity contribution in [3.05, 3.63) is 38.8 Å². The van der Waals surface area contributed by atoms with E-state index in [1.54, 1.807) is 0 Å². The molecule has 1 saturated carbocycles. The van der Waals surface area contributed by atoms with Crippen LogP contribution in [0.15, 0.2) is 18.2 Å². The third-order valence-corrected chi connectivity index (χ3v) is 5.05. The zero-order valence-corrected chi connectivity index (χ0v) is 14.0. The number of hydrogen-bond donors (Lipinski definition) is 1. The standard InChI is InChI=1S/C16H17FIN3/c1-9-6-11(8-12(17)7-9)16-20-14(10-4-2-3-5-10)13(18)15(19)21-16/h6-8,10H,2-5H2,1H3,(H2,19,20,21). The Morgan fingerprint density at radius 1 is 1.19 bits per heavy atom. The number of nitrogen functional groups attached to an aromatic ring is 1. The predicted octanol–water partition coefficient (Wildman–Crippen LogP) is 4.44. The van der Waals surface area contributed by atoms with Crippen molar-refractivity contribution in [3.63, 3.8) is 0 Å². The summed E-state index contributed by atoms with van der Waals surface area (Å²) in [5.41, 5.74) is 8.62. The van der Waals surface area contributed by atoms with Crippen LogP contribution >= 0.6 is 22.6 Å². The second-order valence-corrected chi connectivity index (χ2v) is 6.71. The number of aryl methyl sites for hydroxylation is 1. The van der Waals surface area contributed by atoms with Gasteiger partial charge in [-0.15, -0.1) is 0 Å². The first kappa shape index (κ1) is 14.7. The maximum Gasteiger partial charge on any atom is 0.161 e. The monoisotopic (exact) mass is 397 g/mol. The van der Waals surface area contributed by atoms with Crippen LogP contribution in [-0.2, 0) is 0 Å². The first-order valence-corrected chi connectivity index (χ1v) is 8.23. The third-order valence-electron chi connectivity index (χ3n) is 3.94. The lowest BCUT2D eigenvalue weighted by molar-refractivity contribution is 0.627. The van der Waals surface area contributed by atoms with Gasteiger partial charge in [-0.25, -0.2) is 14.4 Å². The lowest BCUT2D eigenvalue weighted by Crippen LogP contribution is -2.08. The number of nitrogens with two attached hydrogens (primary N) is 1. The molecule has 2 aromatic rings. The minimum absolute atomic E-state index is 0.270. The number of hydrogen-bond acceptors (Lipinski definition) is 3. The van der Waals surface area contributed by atoms with E-state index in [2.05, 4.69) is 27.6 Å². The van der Waals surface area contributed by atoms with Crippen molar-refractivity contribution in [2.75, 3.05) is 5.73 Å². The average Bonchev–Trinajstić information content (AvgIpc) is 2.94. The topological polar surface area (TPSA) is 51.8 Å². The Balaban J connectivity index is 2.10. The van der Waals surface area contributed by atoms with Crippen LogP contribution < -0.4 is 5.73 Å². The fraction of sp³-hybridized carbons (Fsp3) is 0.375. The Labute approximate surface area is 137 Å². The summed E-state index contributed by atoms with van der Waals surface area (Å²) < 4.78 is 14.5. The Kier molecular flexibility index (Phi) is 4.10. The molecule has 1 aromatic heterocycles. The lowest BCUT2D eigenvalue weighted by atomic mass is 10.0. The molecule has 0 spiro atoms. The van der Waals surface area contributed by atoms with Crippen molar-refractivity contribution >= 4 is 28.4 Å². The largest absolute Gasteiger partial charge is 0.383 e. The smallest absolute Gasteiger partial charge is 0.161 e. The maximum atomic E-state index is 13.6. The SMILES string of the molecule is Cc1cc(F)cc(-c2nc(N)c(I)c(C3CCCC3)n2)c1. The molecule has 0 unspecified atom stereocenters. The number of rotatable bonds is 2. The fourth-order valence-electron chi connectivity index (χ4n) is 2.95. The summed E-state index contributed by atoms with van der Waals surface area (Å²) in [7, 11) is 0. The second kappa shape index (κ2) is 5.87.